The molecule has 0 aliphatic rings. The maximum Gasteiger partial charge on any atom is 0.309 e. The normalized spacial score (nSPS) is 11.9. The molecule has 90 valence electrons. The van der Waals surface area contributed by atoms with Crippen molar-refractivity contribution in [3.8, 4) is 0 Å². The number of carbonyl (C=O) groups is 1. The molecule has 0 fully saturated rings. The lowest BCUT2D eigenvalue weighted by Gasteiger charge is -2.19. The number of carboxylic acid groups (broad SMARTS) is 1. The highest BCUT2D eigenvalue weighted by molar-refractivity contribution is 9.10. The van der Waals surface area contributed by atoms with E-state index in [-0.39, 0.29) is 0 Å². The first-order valence-corrected chi connectivity index (χ1v) is 6.19. The fourth-order valence-corrected chi connectivity index (χ4v) is 2.33. The van der Waals surface area contributed by atoms with Gasteiger partial charge in [0.1, 0.15) is 0 Å². The number of aromatic amines is 1. The van der Waals surface area contributed by atoms with Crippen LogP contribution in [-0.2, 0) is 11.2 Å². The number of para-hydroxylation sites is 1. The molecule has 0 aliphatic carbocycles. The van der Waals surface area contributed by atoms with E-state index < -0.39 is 11.4 Å². The van der Waals surface area contributed by atoms with Crippen LogP contribution in [0.4, 0.5) is 0 Å². The quantitative estimate of drug-likeness (QED) is 0.909. The second-order valence-electron chi connectivity index (χ2n) is 4.84. The van der Waals surface area contributed by atoms with Gasteiger partial charge in [0.25, 0.3) is 0 Å². The molecular formula is C13H14BrNO2. The van der Waals surface area contributed by atoms with Crippen molar-refractivity contribution in [2.75, 3.05) is 0 Å². The number of fused-ring (bicyclic) bond motifs is 1. The largest absolute Gasteiger partial charge is 0.481 e. The Hall–Kier alpha value is -1.29. The summed E-state index contributed by atoms with van der Waals surface area (Å²) >= 11 is 3.46. The molecule has 17 heavy (non-hydrogen) atoms. The smallest absolute Gasteiger partial charge is 0.309 e. The Labute approximate surface area is 108 Å². The molecule has 1 heterocycles. The minimum Gasteiger partial charge on any atom is -0.481 e. The lowest BCUT2D eigenvalue weighted by atomic mass is 9.85. The van der Waals surface area contributed by atoms with Crippen LogP contribution in [0, 0.1) is 5.41 Å². The van der Waals surface area contributed by atoms with E-state index in [1.54, 1.807) is 13.8 Å². The second kappa shape index (κ2) is 4.18. The summed E-state index contributed by atoms with van der Waals surface area (Å²) in [5.41, 5.74) is 1.28. The molecule has 0 radical (unpaired) electrons. The van der Waals surface area contributed by atoms with E-state index in [9.17, 15) is 4.79 Å². The molecule has 0 amide bonds. The van der Waals surface area contributed by atoms with Crippen LogP contribution in [0.5, 0.6) is 0 Å². The van der Waals surface area contributed by atoms with Crippen LogP contribution in [0.1, 0.15) is 19.4 Å². The average molecular weight is 296 g/mol. The molecule has 0 bridgehead atoms. The summed E-state index contributed by atoms with van der Waals surface area (Å²) in [6, 6.07) is 5.93. The molecule has 0 saturated carbocycles. The average Bonchev–Trinajstić information content (AvgIpc) is 2.61. The Morgan fingerprint density at radius 2 is 2.18 bits per heavy atom. The van der Waals surface area contributed by atoms with Gasteiger partial charge in [0.15, 0.2) is 0 Å². The molecule has 3 nitrogen and oxygen atoms in total. The Morgan fingerprint density at radius 3 is 2.82 bits per heavy atom. The standard InChI is InChI=1S/C13H14BrNO2/c1-13(2,12(16)17)6-8-4-3-5-9-10(14)7-15-11(8)9/h3-5,7,15H,6H2,1-2H3,(H,16,17). The minimum absolute atomic E-state index is 0.507. The molecular weight excluding hydrogens is 282 g/mol. The summed E-state index contributed by atoms with van der Waals surface area (Å²) in [5.74, 6) is -0.778. The number of aliphatic carboxylic acids is 1. The third kappa shape index (κ3) is 2.22. The number of nitrogens with one attached hydrogen (secondary N) is 1. The van der Waals surface area contributed by atoms with Crippen LogP contribution in [-0.4, -0.2) is 16.1 Å². The van der Waals surface area contributed by atoms with Gasteiger partial charge in [0.2, 0.25) is 0 Å². The van der Waals surface area contributed by atoms with E-state index >= 15 is 0 Å². The second-order valence-corrected chi connectivity index (χ2v) is 5.70. The summed E-state index contributed by atoms with van der Waals surface area (Å²) in [6.07, 6.45) is 2.38. The molecule has 0 spiro atoms. The lowest BCUT2D eigenvalue weighted by molar-refractivity contribution is -0.146. The van der Waals surface area contributed by atoms with E-state index in [1.165, 1.54) is 0 Å². The third-order valence-electron chi connectivity index (χ3n) is 2.96. The van der Waals surface area contributed by atoms with Crippen molar-refractivity contribution in [1.82, 2.24) is 4.98 Å². The van der Waals surface area contributed by atoms with Gasteiger partial charge in [-0.2, -0.15) is 0 Å². The first-order chi connectivity index (χ1) is 7.92. The summed E-state index contributed by atoms with van der Waals surface area (Å²) in [5, 5.41) is 10.2. The predicted molar refractivity (Wildman–Crippen MR) is 71.1 cm³/mol. The van der Waals surface area contributed by atoms with Gasteiger partial charge >= 0.3 is 5.97 Å². The predicted octanol–water partition coefficient (Wildman–Crippen LogP) is 3.58. The van der Waals surface area contributed by atoms with Crippen molar-refractivity contribution in [3.63, 3.8) is 0 Å². The summed E-state index contributed by atoms with van der Waals surface area (Å²) in [6.45, 7) is 3.48. The van der Waals surface area contributed by atoms with Crippen molar-refractivity contribution in [3.05, 3.63) is 34.4 Å². The number of carboxylic acids is 1. The number of hydrogen-bond acceptors (Lipinski definition) is 1. The fraction of sp³-hybridized carbons (Fsp3) is 0.308. The van der Waals surface area contributed by atoms with Gasteiger partial charge < -0.3 is 10.1 Å². The number of halogens is 1. The monoisotopic (exact) mass is 295 g/mol. The van der Waals surface area contributed by atoms with Gasteiger partial charge in [-0.3, -0.25) is 4.79 Å². The van der Waals surface area contributed by atoms with Gasteiger partial charge in [0.05, 0.1) is 5.41 Å². The van der Waals surface area contributed by atoms with Crippen molar-refractivity contribution >= 4 is 32.8 Å². The van der Waals surface area contributed by atoms with E-state index in [1.807, 2.05) is 24.4 Å². The SMILES string of the molecule is CC(C)(Cc1cccc2c(Br)c[nH]c12)C(=O)O. The molecule has 2 rings (SSSR count). The number of aromatic nitrogens is 1. The fourth-order valence-electron chi connectivity index (χ4n) is 1.88. The Bertz CT molecular complexity index is 572. The first kappa shape index (κ1) is 12.2. The maximum absolute atomic E-state index is 11.1. The van der Waals surface area contributed by atoms with Crippen LogP contribution >= 0.6 is 15.9 Å². The summed E-state index contributed by atoms with van der Waals surface area (Å²) in [7, 11) is 0. The van der Waals surface area contributed by atoms with Gasteiger partial charge in [-0.15, -0.1) is 0 Å². The lowest BCUT2D eigenvalue weighted by Crippen LogP contribution is -2.26. The number of benzene rings is 1. The molecule has 0 unspecified atom stereocenters. The van der Waals surface area contributed by atoms with Crippen LogP contribution < -0.4 is 0 Å². The Kier molecular flexibility index (Phi) is 3.00. The molecule has 0 aliphatic heterocycles. The zero-order valence-corrected chi connectivity index (χ0v) is 11.3. The molecule has 4 heteroatoms. The van der Waals surface area contributed by atoms with Crippen LogP contribution in [0.2, 0.25) is 0 Å². The molecule has 2 aromatic rings. The highest BCUT2D eigenvalue weighted by Gasteiger charge is 2.28. The Morgan fingerprint density at radius 1 is 1.47 bits per heavy atom. The van der Waals surface area contributed by atoms with Crippen LogP contribution in [0.3, 0.4) is 0 Å². The van der Waals surface area contributed by atoms with Crippen molar-refractivity contribution in [2.45, 2.75) is 20.3 Å². The van der Waals surface area contributed by atoms with Crippen LogP contribution in [0.15, 0.2) is 28.9 Å². The highest BCUT2D eigenvalue weighted by Crippen LogP contribution is 2.30. The topological polar surface area (TPSA) is 53.1 Å². The third-order valence-corrected chi connectivity index (χ3v) is 3.62. The maximum atomic E-state index is 11.1. The molecule has 0 saturated heterocycles. The molecule has 1 aromatic heterocycles. The van der Waals surface area contributed by atoms with E-state index in [2.05, 4.69) is 20.9 Å². The molecule has 2 N–H and O–H groups in total. The molecule has 0 atom stereocenters. The molecule has 1 aromatic carbocycles. The van der Waals surface area contributed by atoms with E-state index in [0.717, 1.165) is 20.9 Å². The van der Waals surface area contributed by atoms with Crippen molar-refractivity contribution in [1.29, 1.82) is 0 Å². The van der Waals surface area contributed by atoms with Gasteiger partial charge in [-0.05, 0) is 41.8 Å². The van der Waals surface area contributed by atoms with Gasteiger partial charge in [0, 0.05) is 21.6 Å². The minimum atomic E-state index is -0.778. The Balaban J connectivity index is 2.46. The zero-order chi connectivity index (χ0) is 12.6. The van der Waals surface area contributed by atoms with Crippen LogP contribution in [0.25, 0.3) is 10.9 Å². The van der Waals surface area contributed by atoms with E-state index in [4.69, 9.17) is 5.11 Å². The first-order valence-electron chi connectivity index (χ1n) is 5.40. The van der Waals surface area contributed by atoms with E-state index in [0.29, 0.717) is 6.42 Å². The number of hydrogen-bond donors (Lipinski definition) is 2. The zero-order valence-electron chi connectivity index (χ0n) is 9.75. The van der Waals surface area contributed by atoms with Gasteiger partial charge in [-0.25, -0.2) is 0 Å². The number of rotatable bonds is 3. The van der Waals surface area contributed by atoms with Crippen molar-refractivity contribution in [2.24, 2.45) is 5.41 Å². The van der Waals surface area contributed by atoms with Crippen molar-refractivity contribution < 1.29 is 9.90 Å². The highest BCUT2D eigenvalue weighted by atomic mass is 79.9. The number of H-pyrrole nitrogens is 1. The van der Waals surface area contributed by atoms with Gasteiger partial charge in [-0.1, -0.05) is 18.2 Å². The summed E-state index contributed by atoms with van der Waals surface area (Å²) in [4.78, 5) is 14.3. The summed E-state index contributed by atoms with van der Waals surface area (Å²) < 4.78 is 1.00.